The Balaban J connectivity index is 1.74. The highest BCUT2D eigenvalue weighted by atomic mass is 19.1. The molecular formula is C18H27FN2. The van der Waals surface area contributed by atoms with Crippen molar-refractivity contribution in [1.29, 1.82) is 0 Å². The van der Waals surface area contributed by atoms with Gasteiger partial charge in [0, 0.05) is 24.8 Å². The van der Waals surface area contributed by atoms with Crippen LogP contribution in [0.25, 0.3) is 0 Å². The second kappa shape index (κ2) is 6.78. The number of nitrogens with zero attached hydrogens (tertiary/aromatic N) is 1. The Kier molecular flexibility index (Phi) is 4.79. The van der Waals surface area contributed by atoms with Gasteiger partial charge in [-0.05, 0) is 62.4 Å². The van der Waals surface area contributed by atoms with E-state index >= 15 is 0 Å². The maximum atomic E-state index is 13.7. The highest BCUT2D eigenvalue weighted by molar-refractivity contribution is 5.49. The molecule has 1 aromatic rings. The van der Waals surface area contributed by atoms with Gasteiger partial charge in [0.25, 0.3) is 0 Å². The predicted molar refractivity (Wildman–Crippen MR) is 86.3 cm³/mol. The van der Waals surface area contributed by atoms with Crippen molar-refractivity contribution in [1.82, 2.24) is 5.32 Å². The molecule has 3 heteroatoms. The van der Waals surface area contributed by atoms with E-state index in [4.69, 9.17) is 0 Å². The van der Waals surface area contributed by atoms with E-state index < -0.39 is 0 Å². The summed E-state index contributed by atoms with van der Waals surface area (Å²) in [4.78, 5) is 2.38. The van der Waals surface area contributed by atoms with Gasteiger partial charge in [-0.15, -0.1) is 0 Å². The summed E-state index contributed by atoms with van der Waals surface area (Å²) >= 11 is 0. The first-order valence-corrected chi connectivity index (χ1v) is 8.48. The number of anilines is 1. The van der Waals surface area contributed by atoms with Crippen molar-refractivity contribution in [3.05, 3.63) is 29.6 Å². The molecule has 21 heavy (non-hydrogen) atoms. The molecule has 1 unspecified atom stereocenters. The molecule has 0 radical (unpaired) electrons. The molecule has 1 heterocycles. The fourth-order valence-electron chi connectivity index (χ4n) is 3.94. The van der Waals surface area contributed by atoms with E-state index in [1.807, 2.05) is 6.92 Å². The maximum Gasteiger partial charge on any atom is 0.125 e. The van der Waals surface area contributed by atoms with Crippen molar-refractivity contribution in [2.75, 3.05) is 24.5 Å². The highest BCUT2D eigenvalue weighted by Gasteiger charge is 2.27. The third kappa shape index (κ3) is 3.76. The molecule has 2 nitrogen and oxygen atoms in total. The van der Waals surface area contributed by atoms with Crippen molar-refractivity contribution >= 4 is 5.69 Å². The van der Waals surface area contributed by atoms with E-state index in [-0.39, 0.29) is 5.82 Å². The Bertz CT molecular complexity index is 448. The molecule has 2 fully saturated rings. The average Bonchev–Trinajstić information content (AvgIpc) is 2.73. The van der Waals surface area contributed by atoms with Gasteiger partial charge in [-0.2, -0.15) is 0 Å². The van der Waals surface area contributed by atoms with Crippen molar-refractivity contribution in [2.24, 2.45) is 5.92 Å². The Morgan fingerprint density at radius 3 is 2.67 bits per heavy atom. The largest absolute Gasteiger partial charge is 0.370 e. The van der Waals surface area contributed by atoms with Gasteiger partial charge in [0.05, 0.1) is 0 Å². The minimum Gasteiger partial charge on any atom is -0.370 e. The molecule has 1 N–H and O–H groups in total. The Morgan fingerprint density at radius 1 is 1.10 bits per heavy atom. The topological polar surface area (TPSA) is 15.3 Å². The van der Waals surface area contributed by atoms with E-state index in [2.05, 4.69) is 16.3 Å². The third-order valence-corrected chi connectivity index (χ3v) is 5.04. The molecule has 3 rings (SSSR count). The van der Waals surface area contributed by atoms with E-state index in [1.54, 1.807) is 12.1 Å². The van der Waals surface area contributed by atoms with Gasteiger partial charge < -0.3 is 10.2 Å². The zero-order valence-electron chi connectivity index (χ0n) is 13.1. The van der Waals surface area contributed by atoms with Gasteiger partial charge in [-0.25, -0.2) is 4.39 Å². The Morgan fingerprint density at radius 2 is 1.90 bits per heavy atom. The van der Waals surface area contributed by atoms with E-state index in [1.165, 1.54) is 32.1 Å². The number of hydrogen-bond acceptors (Lipinski definition) is 2. The van der Waals surface area contributed by atoms with Crippen molar-refractivity contribution < 1.29 is 4.39 Å². The average molecular weight is 290 g/mol. The van der Waals surface area contributed by atoms with Crippen LogP contribution in [0.4, 0.5) is 10.1 Å². The first kappa shape index (κ1) is 14.8. The standard InChI is InChI=1S/C18H27FN2/c1-14-10-16(19)12-17(11-14)21-9-5-8-20-18(13-21)15-6-3-2-4-7-15/h10-12,15,18,20H,2-9,13H2,1H3. The van der Waals surface area contributed by atoms with Crippen molar-refractivity contribution in [3.63, 3.8) is 0 Å². The molecule has 116 valence electrons. The van der Waals surface area contributed by atoms with Crippen LogP contribution in [0.1, 0.15) is 44.1 Å². The van der Waals surface area contributed by atoms with Crippen LogP contribution in [0.3, 0.4) is 0 Å². The summed E-state index contributed by atoms with van der Waals surface area (Å²) in [5, 5.41) is 3.74. The predicted octanol–water partition coefficient (Wildman–Crippen LogP) is 3.88. The molecular weight excluding hydrogens is 263 g/mol. The molecule has 1 aliphatic carbocycles. The molecule has 0 amide bonds. The highest BCUT2D eigenvalue weighted by Crippen LogP contribution is 2.29. The molecule has 1 aromatic carbocycles. The zero-order valence-corrected chi connectivity index (χ0v) is 13.1. The molecule has 1 atom stereocenters. The van der Waals surface area contributed by atoms with Gasteiger partial charge in [-0.1, -0.05) is 19.3 Å². The lowest BCUT2D eigenvalue weighted by Gasteiger charge is -2.33. The normalized spacial score (nSPS) is 24.9. The second-order valence-electron chi connectivity index (χ2n) is 6.75. The number of halogens is 1. The van der Waals surface area contributed by atoms with Gasteiger partial charge in [0.1, 0.15) is 5.82 Å². The Hall–Kier alpha value is -1.09. The van der Waals surface area contributed by atoms with Crippen LogP contribution >= 0.6 is 0 Å². The van der Waals surface area contributed by atoms with E-state index in [0.717, 1.165) is 43.2 Å². The molecule has 0 aromatic heterocycles. The first-order valence-electron chi connectivity index (χ1n) is 8.48. The third-order valence-electron chi connectivity index (χ3n) is 5.04. The van der Waals surface area contributed by atoms with Gasteiger partial charge >= 0.3 is 0 Å². The molecule has 0 spiro atoms. The van der Waals surface area contributed by atoms with Crippen LogP contribution in [0, 0.1) is 18.7 Å². The SMILES string of the molecule is Cc1cc(F)cc(N2CCCNC(C3CCCCC3)C2)c1. The summed E-state index contributed by atoms with van der Waals surface area (Å²) in [5.41, 5.74) is 2.06. The maximum absolute atomic E-state index is 13.7. The zero-order chi connectivity index (χ0) is 14.7. The van der Waals surface area contributed by atoms with Crippen LogP contribution in [0.15, 0.2) is 18.2 Å². The Labute approximate surface area is 127 Å². The lowest BCUT2D eigenvalue weighted by Crippen LogP contribution is -2.43. The van der Waals surface area contributed by atoms with Crippen LogP contribution in [0.5, 0.6) is 0 Å². The summed E-state index contributed by atoms with van der Waals surface area (Å²) in [6.45, 7) is 5.11. The fourth-order valence-corrected chi connectivity index (χ4v) is 3.94. The number of hydrogen-bond donors (Lipinski definition) is 1. The summed E-state index contributed by atoms with van der Waals surface area (Å²) in [5.74, 6) is 0.686. The van der Waals surface area contributed by atoms with Gasteiger partial charge in [0.15, 0.2) is 0 Å². The minimum atomic E-state index is -0.114. The minimum absolute atomic E-state index is 0.114. The van der Waals surface area contributed by atoms with Gasteiger partial charge in [0.2, 0.25) is 0 Å². The summed E-state index contributed by atoms with van der Waals surface area (Å²) in [6.07, 6.45) is 8.00. The van der Waals surface area contributed by atoms with Crippen LogP contribution in [-0.4, -0.2) is 25.7 Å². The quantitative estimate of drug-likeness (QED) is 0.889. The lowest BCUT2D eigenvalue weighted by atomic mass is 9.83. The smallest absolute Gasteiger partial charge is 0.125 e. The second-order valence-corrected chi connectivity index (χ2v) is 6.75. The molecule has 0 bridgehead atoms. The first-order chi connectivity index (χ1) is 10.2. The number of benzene rings is 1. The lowest BCUT2D eigenvalue weighted by molar-refractivity contribution is 0.277. The summed E-state index contributed by atoms with van der Waals surface area (Å²) in [7, 11) is 0. The number of nitrogens with one attached hydrogen (secondary N) is 1. The van der Waals surface area contributed by atoms with E-state index in [0.29, 0.717) is 6.04 Å². The van der Waals surface area contributed by atoms with Crippen molar-refractivity contribution in [2.45, 2.75) is 51.5 Å². The number of rotatable bonds is 2. The summed E-state index contributed by atoms with van der Waals surface area (Å²) < 4.78 is 13.7. The van der Waals surface area contributed by atoms with Gasteiger partial charge in [-0.3, -0.25) is 0 Å². The van der Waals surface area contributed by atoms with E-state index in [9.17, 15) is 4.39 Å². The molecule has 1 saturated heterocycles. The van der Waals surface area contributed by atoms with Crippen molar-refractivity contribution in [3.8, 4) is 0 Å². The monoisotopic (exact) mass is 290 g/mol. The fraction of sp³-hybridized carbons (Fsp3) is 0.667. The molecule has 1 aliphatic heterocycles. The number of aryl methyl sites for hydroxylation is 1. The van der Waals surface area contributed by atoms with Crippen LogP contribution < -0.4 is 10.2 Å². The molecule has 1 saturated carbocycles. The molecule has 2 aliphatic rings. The van der Waals surface area contributed by atoms with Crippen LogP contribution in [-0.2, 0) is 0 Å². The summed E-state index contributed by atoms with van der Waals surface area (Å²) in [6, 6.07) is 5.98. The van der Waals surface area contributed by atoms with Crippen LogP contribution in [0.2, 0.25) is 0 Å².